The Morgan fingerprint density at radius 1 is 1.32 bits per heavy atom. The largest absolute Gasteiger partial charge is 0.364 e. The lowest BCUT2D eigenvalue weighted by Crippen LogP contribution is -2.52. The Bertz CT molecular complexity index is 659. The molecular weight excluding hydrogens is 451 g/mol. The highest BCUT2D eigenvalue weighted by Crippen LogP contribution is 2.16. The van der Waals surface area contributed by atoms with Gasteiger partial charge in [0.1, 0.15) is 11.3 Å². The normalized spacial score (nSPS) is 16.0. The summed E-state index contributed by atoms with van der Waals surface area (Å²) in [4.78, 5) is 15.0. The van der Waals surface area contributed by atoms with Crippen LogP contribution in [0.25, 0.3) is 0 Å². The number of hydrogen-bond donors (Lipinski definition) is 1. The van der Waals surface area contributed by atoms with Crippen LogP contribution in [0.1, 0.15) is 21.3 Å². The molecule has 9 heteroatoms. The first-order valence-electron chi connectivity index (χ1n) is 8.16. The average molecular weight is 476 g/mol. The van der Waals surface area contributed by atoms with Crippen molar-refractivity contribution in [2.45, 2.75) is 26.9 Å². The predicted molar refractivity (Wildman–Crippen MR) is 111 cm³/mol. The van der Waals surface area contributed by atoms with E-state index in [-0.39, 0.29) is 24.0 Å². The number of piperazine rings is 1. The van der Waals surface area contributed by atoms with Gasteiger partial charge in [-0.25, -0.2) is 4.98 Å². The number of aryl methyl sites for hydroxylation is 2. The maximum Gasteiger partial charge on any atom is 0.194 e. The van der Waals surface area contributed by atoms with Crippen molar-refractivity contribution < 1.29 is 4.52 Å². The molecule has 0 bridgehead atoms. The summed E-state index contributed by atoms with van der Waals surface area (Å²) in [6.45, 7) is 9.61. The number of thiazole rings is 1. The summed E-state index contributed by atoms with van der Waals surface area (Å²) >= 11 is 1.74. The molecule has 0 unspecified atom stereocenters. The molecule has 2 aromatic heterocycles. The molecule has 1 saturated heterocycles. The van der Waals surface area contributed by atoms with Gasteiger partial charge in [-0.1, -0.05) is 5.16 Å². The third-order valence-corrected chi connectivity index (χ3v) is 5.30. The smallest absolute Gasteiger partial charge is 0.194 e. The van der Waals surface area contributed by atoms with Crippen LogP contribution in [-0.4, -0.2) is 59.1 Å². The molecule has 0 radical (unpaired) electrons. The van der Waals surface area contributed by atoms with Crippen molar-refractivity contribution in [2.24, 2.45) is 4.99 Å². The summed E-state index contributed by atoms with van der Waals surface area (Å²) in [5.74, 6) is 0.946. The van der Waals surface area contributed by atoms with E-state index in [1.807, 2.05) is 13.1 Å². The highest BCUT2D eigenvalue weighted by Gasteiger charge is 2.20. The Balaban J connectivity index is 0.00000225. The summed E-state index contributed by atoms with van der Waals surface area (Å²) in [6, 6.07) is 1.92. The molecule has 138 valence electrons. The van der Waals surface area contributed by atoms with Gasteiger partial charge in [-0.05, 0) is 13.8 Å². The lowest BCUT2D eigenvalue weighted by Gasteiger charge is -2.36. The van der Waals surface area contributed by atoms with Gasteiger partial charge in [0.25, 0.3) is 0 Å². The minimum atomic E-state index is 0. The Labute approximate surface area is 169 Å². The van der Waals surface area contributed by atoms with E-state index in [4.69, 9.17) is 4.52 Å². The van der Waals surface area contributed by atoms with Gasteiger partial charge in [-0.3, -0.25) is 9.89 Å². The van der Waals surface area contributed by atoms with Gasteiger partial charge in [0.2, 0.25) is 0 Å². The van der Waals surface area contributed by atoms with E-state index in [1.165, 1.54) is 4.88 Å². The summed E-state index contributed by atoms with van der Waals surface area (Å²) in [5, 5.41) is 8.52. The fourth-order valence-corrected chi connectivity index (χ4v) is 3.64. The summed E-state index contributed by atoms with van der Waals surface area (Å²) in [7, 11) is 1.84. The van der Waals surface area contributed by atoms with Crippen molar-refractivity contribution in [3.8, 4) is 0 Å². The Morgan fingerprint density at radius 2 is 2.08 bits per heavy atom. The molecule has 25 heavy (non-hydrogen) atoms. The fourth-order valence-electron chi connectivity index (χ4n) is 2.77. The van der Waals surface area contributed by atoms with Crippen molar-refractivity contribution in [1.82, 2.24) is 25.3 Å². The van der Waals surface area contributed by atoms with E-state index < -0.39 is 0 Å². The second-order valence-electron chi connectivity index (χ2n) is 5.90. The number of guanidine groups is 1. The van der Waals surface area contributed by atoms with Crippen molar-refractivity contribution in [1.29, 1.82) is 0 Å². The van der Waals surface area contributed by atoms with Crippen LogP contribution in [0.4, 0.5) is 0 Å². The van der Waals surface area contributed by atoms with Crippen LogP contribution in [-0.2, 0) is 13.1 Å². The Kier molecular flexibility index (Phi) is 7.63. The standard InChI is InChI=1S/C16H24N6OS.HI/c1-12-13(2)24-15(19-12)10-18-16(17-3)22-7-5-21(6-8-22)11-14-4-9-23-20-14;/h4,9H,5-8,10-11H2,1-3H3,(H,17,18);1H. The molecule has 1 aliphatic rings. The number of nitrogens with zero attached hydrogens (tertiary/aromatic N) is 5. The molecule has 0 amide bonds. The maximum atomic E-state index is 4.90. The van der Waals surface area contributed by atoms with Crippen LogP contribution in [0.2, 0.25) is 0 Å². The van der Waals surface area contributed by atoms with Crippen molar-refractivity contribution >= 4 is 41.3 Å². The first kappa shape index (κ1) is 20.1. The van der Waals surface area contributed by atoms with Gasteiger partial charge in [0.05, 0.1) is 17.9 Å². The van der Waals surface area contributed by atoms with E-state index >= 15 is 0 Å². The second kappa shape index (κ2) is 9.48. The lowest BCUT2D eigenvalue weighted by molar-refractivity contribution is 0.169. The SMILES string of the molecule is CN=C(NCc1nc(C)c(C)s1)N1CCN(Cc2ccon2)CC1.I. The van der Waals surface area contributed by atoms with E-state index in [9.17, 15) is 0 Å². The van der Waals surface area contributed by atoms with E-state index in [0.717, 1.165) is 61.6 Å². The van der Waals surface area contributed by atoms with Gasteiger partial charge in [0.15, 0.2) is 5.96 Å². The average Bonchev–Trinajstić information content (AvgIpc) is 3.20. The third kappa shape index (κ3) is 5.38. The number of aliphatic imine (C=N–C) groups is 1. The van der Waals surface area contributed by atoms with Crippen LogP contribution in [0.3, 0.4) is 0 Å². The zero-order valence-corrected chi connectivity index (χ0v) is 18.0. The first-order valence-corrected chi connectivity index (χ1v) is 8.97. The van der Waals surface area contributed by atoms with Crippen molar-refractivity contribution in [3.05, 3.63) is 33.6 Å². The third-order valence-electron chi connectivity index (χ3n) is 4.23. The van der Waals surface area contributed by atoms with Gasteiger partial charge in [-0.2, -0.15) is 0 Å². The second-order valence-corrected chi connectivity index (χ2v) is 7.19. The molecule has 0 aliphatic carbocycles. The highest BCUT2D eigenvalue weighted by molar-refractivity contribution is 14.0. The number of aromatic nitrogens is 2. The monoisotopic (exact) mass is 476 g/mol. The number of hydrogen-bond acceptors (Lipinski definition) is 6. The van der Waals surface area contributed by atoms with Crippen LogP contribution in [0, 0.1) is 13.8 Å². The van der Waals surface area contributed by atoms with E-state index in [0.29, 0.717) is 0 Å². The van der Waals surface area contributed by atoms with Gasteiger partial charge >= 0.3 is 0 Å². The molecule has 3 heterocycles. The van der Waals surface area contributed by atoms with Crippen molar-refractivity contribution in [3.63, 3.8) is 0 Å². The summed E-state index contributed by atoms with van der Waals surface area (Å²) in [5.41, 5.74) is 2.11. The zero-order valence-electron chi connectivity index (χ0n) is 14.9. The molecule has 0 aromatic carbocycles. The molecule has 1 aliphatic heterocycles. The van der Waals surface area contributed by atoms with Gasteiger partial charge < -0.3 is 14.7 Å². The molecule has 2 aromatic rings. The predicted octanol–water partition coefficient (Wildman–Crippen LogP) is 2.26. The number of halogens is 1. The molecule has 0 saturated carbocycles. The van der Waals surface area contributed by atoms with Crippen molar-refractivity contribution in [2.75, 3.05) is 33.2 Å². The summed E-state index contributed by atoms with van der Waals surface area (Å²) < 4.78 is 4.90. The zero-order chi connectivity index (χ0) is 16.9. The quantitative estimate of drug-likeness (QED) is 0.415. The fraction of sp³-hybridized carbons (Fsp3) is 0.562. The summed E-state index contributed by atoms with van der Waals surface area (Å²) in [6.07, 6.45) is 1.62. The highest BCUT2D eigenvalue weighted by atomic mass is 127. The molecule has 1 fully saturated rings. The van der Waals surface area contributed by atoms with E-state index in [2.05, 4.69) is 44.1 Å². The van der Waals surface area contributed by atoms with Gasteiger partial charge in [0, 0.05) is 50.7 Å². The van der Waals surface area contributed by atoms with Crippen LogP contribution in [0.15, 0.2) is 21.8 Å². The Hall–Kier alpha value is -1.20. The van der Waals surface area contributed by atoms with Crippen LogP contribution >= 0.6 is 35.3 Å². The molecule has 7 nitrogen and oxygen atoms in total. The number of nitrogens with one attached hydrogen (secondary N) is 1. The van der Waals surface area contributed by atoms with E-state index in [1.54, 1.807) is 17.6 Å². The minimum Gasteiger partial charge on any atom is -0.364 e. The Morgan fingerprint density at radius 3 is 2.64 bits per heavy atom. The lowest BCUT2D eigenvalue weighted by atomic mass is 10.3. The molecule has 0 spiro atoms. The molecule has 3 rings (SSSR count). The van der Waals surface area contributed by atoms with Crippen LogP contribution < -0.4 is 5.32 Å². The molecular formula is C16H25IN6OS. The first-order chi connectivity index (χ1) is 11.7. The van der Waals surface area contributed by atoms with Gasteiger partial charge in [-0.15, -0.1) is 35.3 Å². The number of rotatable bonds is 4. The molecule has 1 N–H and O–H groups in total. The molecule has 0 atom stereocenters. The minimum absolute atomic E-state index is 0. The van der Waals surface area contributed by atoms with Crippen LogP contribution in [0.5, 0.6) is 0 Å². The topological polar surface area (TPSA) is 69.8 Å². The maximum absolute atomic E-state index is 4.90.